The van der Waals surface area contributed by atoms with Crippen molar-refractivity contribution in [2.75, 3.05) is 6.54 Å². The zero-order valence-electron chi connectivity index (χ0n) is 10.6. The van der Waals surface area contributed by atoms with Gasteiger partial charge < -0.3 is 5.32 Å². The third kappa shape index (κ3) is 2.04. The van der Waals surface area contributed by atoms with Crippen LogP contribution in [0, 0.1) is 0 Å². The van der Waals surface area contributed by atoms with E-state index in [-0.39, 0.29) is 6.04 Å². The molecule has 0 aliphatic carbocycles. The highest BCUT2D eigenvalue weighted by atomic mass is 15.2. The molecule has 0 spiro atoms. The Bertz CT molecular complexity index is 532. The van der Waals surface area contributed by atoms with Gasteiger partial charge in [-0.2, -0.15) is 5.10 Å². The number of H-pyrrole nitrogens is 1. The topological polar surface area (TPSA) is 53.6 Å². The predicted molar refractivity (Wildman–Crippen MR) is 70.4 cm³/mol. The van der Waals surface area contributed by atoms with Crippen molar-refractivity contribution in [1.82, 2.24) is 20.5 Å². The second-order valence-electron chi connectivity index (χ2n) is 4.73. The van der Waals surface area contributed by atoms with Crippen LogP contribution in [0.3, 0.4) is 0 Å². The number of benzene rings is 1. The average molecular weight is 242 g/mol. The van der Waals surface area contributed by atoms with Crippen molar-refractivity contribution in [3.8, 4) is 0 Å². The molecule has 4 heteroatoms. The van der Waals surface area contributed by atoms with Crippen LogP contribution in [0.15, 0.2) is 24.3 Å². The van der Waals surface area contributed by atoms with E-state index in [1.807, 2.05) is 0 Å². The summed E-state index contributed by atoms with van der Waals surface area (Å²) in [7, 11) is 0. The van der Waals surface area contributed by atoms with Gasteiger partial charge in [0.1, 0.15) is 5.82 Å². The zero-order valence-corrected chi connectivity index (χ0v) is 10.6. The van der Waals surface area contributed by atoms with E-state index in [0.717, 1.165) is 37.5 Å². The largest absolute Gasteiger partial charge is 0.303 e. The maximum Gasteiger partial charge on any atom is 0.172 e. The standard InChI is InChI=1S/C14H18N4/c1-2-5-12-16-14(18-17-12)13-11-7-4-3-6-10(11)8-9-15-13/h3-4,6-7,13,15H,2,5,8-9H2,1H3,(H,16,17,18). The van der Waals surface area contributed by atoms with Crippen LogP contribution in [-0.4, -0.2) is 21.7 Å². The molecule has 1 aromatic carbocycles. The van der Waals surface area contributed by atoms with E-state index in [2.05, 4.69) is 51.7 Å². The number of hydrogen-bond acceptors (Lipinski definition) is 3. The number of nitrogens with zero attached hydrogens (tertiary/aromatic N) is 2. The zero-order chi connectivity index (χ0) is 12.4. The van der Waals surface area contributed by atoms with E-state index in [1.165, 1.54) is 11.1 Å². The Hall–Kier alpha value is -1.68. The molecule has 0 fully saturated rings. The fraction of sp³-hybridized carbons (Fsp3) is 0.429. The number of hydrogen-bond donors (Lipinski definition) is 2. The number of aryl methyl sites for hydroxylation is 1. The quantitative estimate of drug-likeness (QED) is 0.865. The first-order valence-electron chi connectivity index (χ1n) is 6.61. The Kier molecular flexibility index (Phi) is 3.11. The minimum Gasteiger partial charge on any atom is -0.303 e. The van der Waals surface area contributed by atoms with E-state index in [4.69, 9.17) is 0 Å². The van der Waals surface area contributed by atoms with E-state index >= 15 is 0 Å². The summed E-state index contributed by atoms with van der Waals surface area (Å²) in [6.07, 6.45) is 3.13. The number of rotatable bonds is 3. The van der Waals surface area contributed by atoms with Crippen LogP contribution < -0.4 is 5.32 Å². The van der Waals surface area contributed by atoms with Gasteiger partial charge in [0, 0.05) is 13.0 Å². The highest BCUT2D eigenvalue weighted by molar-refractivity contribution is 5.35. The van der Waals surface area contributed by atoms with Crippen molar-refractivity contribution < 1.29 is 0 Å². The molecule has 2 heterocycles. The normalized spacial score (nSPS) is 18.6. The molecule has 0 radical (unpaired) electrons. The molecule has 94 valence electrons. The number of nitrogens with one attached hydrogen (secondary N) is 2. The van der Waals surface area contributed by atoms with Crippen LogP contribution >= 0.6 is 0 Å². The smallest absolute Gasteiger partial charge is 0.172 e. The Balaban J connectivity index is 1.92. The molecular weight excluding hydrogens is 224 g/mol. The fourth-order valence-electron chi connectivity index (χ4n) is 2.52. The molecule has 0 saturated heterocycles. The first-order chi connectivity index (χ1) is 8.88. The van der Waals surface area contributed by atoms with Gasteiger partial charge in [0.2, 0.25) is 0 Å². The second-order valence-corrected chi connectivity index (χ2v) is 4.73. The summed E-state index contributed by atoms with van der Waals surface area (Å²) in [5.74, 6) is 1.85. The number of aromatic nitrogens is 3. The summed E-state index contributed by atoms with van der Waals surface area (Å²) < 4.78 is 0. The highest BCUT2D eigenvalue weighted by Gasteiger charge is 2.24. The average Bonchev–Trinajstić information content (AvgIpc) is 2.87. The van der Waals surface area contributed by atoms with Crippen LogP contribution in [0.4, 0.5) is 0 Å². The molecule has 1 aliphatic heterocycles. The molecule has 0 amide bonds. The monoisotopic (exact) mass is 242 g/mol. The molecule has 3 rings (SSSR count). The third-order valence-corrected chi connectivity index (χ3v) is 3.40. The molecule has 1 atom stereocenters. The van der Waals surface area contributed by atoms with E-state index in [1.54, 1.807) is 0 Å². The Morgan fingerprint density at radius 2 is 2.22 bits per heavy atom. The molecule has 0 saturated carbocycles. The van der Waals surface area contributed by atoms with Gasteiger partial charge >= 0.3 is 0 Å². The molecule has 1 aromatic heterocycles. The molecule has 18 heavy (non-hydrogen) atoms. The lowest BCUT2D eigenvalue weighted by molar-refractivity contribution is 0.545. The Morgan fingerprint density at radius 1 is 1.33 bits per heavy atom. The lowest BCUT2D eigenvalue weighted by Crippen LogP contribution is -2.31. The minimum absolute atomic E-state index is 0.136. The summed E-state index contributed by atoms with van der Waals surface area (Å²) in [5.41, 5.74) is 2.72. The van der Waals surface area contributed by atoms with Crippen molar-refractivity contribution in [2.24, 2.45) is 0 Å². The third-order valence-electron chi connectivity index (χ3n) is 3.40. The lowest BCUT2D eigenvalue weighted by atomic mass is 9.94. The molecule has 0 bridgehead atoms. The molecule has 2 N–H and O–H groups in total. The maximum atomic E-state index is 4.59. The van der Waals surface area contributed by atoms with Crippen LogP contribution in [0.5, 0.6) is 0 Å². The minimum atomic E-state index is 0.136. The summed E-state index contributed by atoms with van der Waals surface area (Å²) in [6.45, 7) is 3.13. The van der Waals surface area contributed by atoms with Crippen molar-refractivity contribution >= 4 is 0 Å². The first-order valence-corrected chi connectivity index (χ1v) is 6.61. The fourth-order valence-corrected chi connectivity index (χ4v) is 2.52. The molecule has 2 aromatic rings. The van der Waals surface area contributed by atoms with Gasteiger partial charge in [-0.3, -0.25) is 5.10 Å². The van der Waals surface area contributed by atoms with Crippen LogP contribution in [0.25, 0.3) is 0 Å². The van der Waals surface area contributed by atoms with Gasteiger partial charge in [-0.25, -0.2) is 4.98 Å². The number of fused-ring (bicyclic) bond motifs is 1. The van der Waals surface area contributed by atoms with Gasteiger partial charge in [-0.15, -0.1) is 0 Å². The molecule has 1 unspecified atom stereocenters. The lowest BCUT2D eigenvalue weighted by Gasteiger charge is -2.24. The van der Waals surface area contributed by atoms with Crippen molar-refractivity contribution in [2.45, 2.75) is 32.2 Å². The Labute approximate surface area is 107 Å². The van der Waals surface area contributed by atoms with Crippen molar-refractivity contribution in [1.29, 1.82) is 0 Å². The van der Waals surface area contributed by atoms with Gasteiger partial charge in [0.25, 0.3) is 0 Å². The Morgan fingerprint density at radius 3 is 3.11 bits per heavy atom. The van der Waals surface area contributed by atoms with E-state index in [0.29, 0.717) is 0 Å². The predicted octanol–water partition coefficient (Wildman–Crippen LogP) is 1.99. The van der Waals surface area contributed by atoms with E-state index < -0.39 is 0 Å². The summed E-state index contributed by atoms with van der Waals surface area (Å²) >= 11 is 0. The maximum absolute atomic E-state index is 4.59. The number of aromatic amines is 1. The van der Waals surface area contributed by atoms with Gasteiger partial charge in [-0.05, 0) is 24.0 Å². The summed E-state index contributed by atoms with van der Waals surface area (Å²) in [6, 6.07) is 8.68. The summed E-state index contributed by atoms with van der Waals surface area (Å²) in [4.78, 5) is 4.59. The van der Waals surface area contributed by atoms with Gasteiger partial charge in [0.15, 0.2) is 5.82 Å². The SMILES string of the molecule is CCCc1nc(C2NCCc3ccccc32)n[nH]1. The summed E-state index contributed by atoms with van der Waals surface area (Å²) in [5, 5.41) is 10.9. The van der Waals surface area contributed by atoms with Crippen LogP contribution in [0.1, 0.15) is 42.2 Å². The van der Waals surface area contributed by atoms with Crippen LogP contribution in [0.2, 0.25) is 0 Å². The van der Waals surface area contributed by atoms with Crippen LogP contribution in [-0.2, 0) is 12.8 Å². The van der Waals surface area contributed by atoms with E-state index in [9.17, 15) is 0 Å². The van der Waals surface area contributed by atoms with Crippen molar-refractivity contribution in [3.63, 3.8) is 0 Å². The van der Waals surface area contributed by atoms with Crippen molar-refractivity contribution in [3.05, 3.63) is 47.0 Å². The van der Waals surface area contributed by atoms with Gasteiger partial charge in [0.05, 0.1) is 6.04 Å². The molecule has 4 nitrogen and oxygen atoms in total. The molecule has 1 aliphatic rings. The highest BCUT2D eigenvalue weighted by Crippen LogP contribution is 2.26. The first kappa shape index (κ1) is 11.4. The second kappa shape index (κ2) is 4.90. The van der Waals surface area contributed by atoms with Gasteiger partial charge in [-0.1, -0.05) is 31.2 Å². The molecular formula is C14H18N4.